The van der Waals surface area contributed by atoms with Crippen molar-refractivity contribution in [2.75, 3.05) is 19.5 Å². The van der Waals surface area contributed by atoms with Crippen molar-refractivity contribution >= 4 is 39.6 Å². The Bertz CT molecular complexity index is 822. The van der Waals surface area contributed by atoms with E-state index in [0.717, 1.165) is 4.47 Å². The first kappa shape index (κ1) is 20.4. The summed E-state index contributed by atoms with van der Waals surface area (Å²) in [7, 11) is 3.13. The van der Waals surface area contributed by atoms with E-state index in [4.69, 9.17) is 9.47 Å². The summed E-state index contributed by atoms with van der Waals surface area (Å²) in [5.41, 5.74) is 3.75. The molecule has 0 fully saturated rings. The number of methoxy groups -OCH3 is 2. The van der Waals surface area contributed by atoms with E-state index in [1.54, 1.807) is 44.6 Å². The zero-order chi connectivity index (χ0) is 19.6. The Morgan fingerprint density at radius 2 is 1.74 bits per heavy atom. The van der Waals surface area contributed by atoms with E-state index in [-0.39, 0.29) is 24.7 Å². The van der Waals surface area contributed by atoms with E-state index < -0.39 is 0 Å². The molecule has 8 heteroatoms. The summed E-state index contributed by atoms with van der Waals surface area (Å²) in [6, 6.07) is 12.4. The number of nitrogens with one attached hydrogen (secondary N) is 2. The topological polar surface area (TPSA) is 89.0 Å². The Balaban J connectivity index is 1.78. The fourth-order valence-electron chi connectivity index (χ4n) is 2.16. The van der Waals surface area contributed by atoms with Gasteiger partial charge in [-0.1, -0.05) is 15.9 Å². The molecule has 0 atom stereocenters. The molecule has 2 amide bonds. The quantitative estimate of drug-likeness (QED) is 0.493. The molecule has 2 aromatic carbocycles. The summed E-state index contributed by atoms with van der Waals surface area (Å²) >= 11 is 3.37. The van der Waals surface area contributed by atoms with Gasteiger partial charge < -0.3 is 14.8 Å². The molecule has 0 saturated carbocycles. The number of benzene rings is 2. The molecule has 0 unspecified atom stereocenters. The largest absolute Gasteiger partial charge is 0.497 e. The maximum atomic E-state index is 11.9. The van der Waals surface area contributed by atoms with Crippen molar-refractivity contribution in [3.05, 3.63) is 52.5 Å². The third kappa shape index (κ3) is 6.74. The lowest BCUT2D eigenvalue weighted by Crippen LogP contribution is -2.20. The second-order valence-electron chi connectivity index (χ2n) is 5.46. The SMILES string of the molecule is COc1ccc(NC(=O)CCC(=O)N/N=C/c2cc(Br)ccc2OC)cc1. The lowest BCUT2D eigenvalue weighted by atomic mass is 10.2. The third-order valence-corrected chi connectivity index (χ3v) is 4.03. The smallest absolute Gasteiger partial charge is 0.240 e. The summed E-state index contributed by atoms with van der Waals surface area (Å²) in [6.45, 7) is 0. The molecule has 0 aliphatic heterocycles. The van der Waals surface area contributed by atoms with Crippen LogP contribution in [-0.2, 0) is 9.59 Å². The minimum Gasteiger partial charge on any atom is -0.497 e. The number of anilines is 1. The van der Waals surface area contributed by atoms with Gasteiger partial charge in [-0.25, -0.2) is 5.43 Å². The summed E-state index contributed by atoms with van der Waals surface area (Å²) in [6.07, 6.45) is 1.56. The van der Waals surface area contributed by atoms with E-state index in [9.17, 15) is 9.59 Å². The highest BCUT2D eigenvalue weighted by atomic mass is 79.9. The summed E-state index contributed by atoms with van der Waals surface area (Å²) < 4.78 is 11.1. The van der Waals surface area contributed by atoms with Gasteiger partial charge in [-0.15, -0.1) is 0 Å². The molecule has 0 aliphatic carbocycles. The molecular weight excluding hydrogens is 414 g/mol. The van der Waals surface area contributed by atoms with Gasteiger partial charge in [0.25, 0.3) is 0 Å². The van der Waals surface area contributed by atoms with Crippen molar-refractivity contribution in [2.24, 2.45) is 5.10 Å². The first-order valence-electron chi connectivity index (χ1n) is 8.11. The molecule has 0 aromatic heterocycles. The highest BCUT2D eigenvalue weighted by Crippen LogP contribution is 2.21. The van der Waals surface area contributed by atoms with Crippen LogP contribution in [0.2, 0.25) is 0 Å². The Morgan fingerprint density at radius 1 is 1.04 bits per heavy atom. The molecule has 2 rings (SSSR count). The van der Waals surface area contributed by atoms with Gasteiger partial charge in [-0.2, -0.15) is 5.10 Å². The monoisotopic (exact) mass is 433 g/mol. The number of hydrazone groups is 1. The predicted octanol–water partition coefficient (Wildman–Crippen LogP) is 3.34. The lowest BCUT2D eigenvalue weighted by molar-refractivity contribution is -0.124. The Kier molecular flexibility index (Phi) is 7.81. The Morgan fingerprint density at radius 3 is 2.41 bits per heavy atom. The zero-order valence-corrected chi connectivity index (χ0v) is 16.6. The molecule has 2 aromatic rings. The van der Waals surface area contributed by atoms with E-state index >= 15 is 0 Å². The number of nitrogens with zero attached hydrogens (tertiary/aromatic N) is 1. The second-order valence-corrected chi connectivity index (χ2v) is 6.37. The number of halogens is 1. The normalized spacial score (nSPS) is 10.5. The van der Waals surface area contributed by atoms with Crippen molar-refractivity contribution < 1.29 is 19.1 Å². The van der Waals surface area contributed by atoms with Gasteiger partial charge in [0, 0.05) is 28.6 Å². The van der Waals surface area contributed by atoms with Crippen LogP contribution in [0.4, 0.5) is 5.69 Å². The number of amides is 2. The maximum absolute atomic E-state index is 11.9. The van der Waals surface area contributed by atoms with Crippen LogP contribution >= 0.6 is 15.9 Å². The van der Waals surface area contributed by atoms with Crippen molar-refractivity contribution in [1.29, 1.82) is 0 Å². The molecule has 142 valence electrons. The van der Waals surface area contributed by atoms with Crippen LogP contribution in [0.3, 0.4) is 0 Å². The van der Waals surface area contributed by atoms with Gasteiger partial charge in [0.05, 0.1) is 20.4 Å². The van der Waals surface area contributed by atoms with Crippen LogP contribution in [0.1, 0.15) is 18.4 Å². The standard InChI is InChI=1S/C19H20BrN3O4/c1-26-16-6-4-15(5-7-16)22-18(24)9-10-19(25)23-21-12-13-11-14(20)3-8-17(13)27-2/h3-8,11-12H,9-10H2,1-2H3,(H,22,24)(H,23,25)/b21-12+. The minimum absolute atomic E-state index is 0.0228. The number of hydrogen-bond donors (Lipinski definition) is 2. The predicted molar refractivity (Wildman–Crippen MR) is 107 cm³/mol. The zero-order valence-electron chi connectivity index (χ0n) is 15.0. The summed E-state index contributed by atoms with van der Waals surface area (Å²) in [4.78, 5) is 23.7. The van der Waals surface area contributed by atoms with Crippen LogP contribution in [0.25, 0.3) is 0 Å². The summed E-state index contributed by atoms with van der Waals surface area (Å²) in [5.74, 6) is 0.723. The van der Waals surface area contributed by atoms with E-state index in [0.29, 0.717) is 22.7 Å². The van der Waals surface area contributed by atoms with Gasteiger partial charge in [0.1, 0.15) is 11.5 Å². The summed E-state index contributed by atoms with van der Waals surface area (Å²) in [5, 5.41) is 6.62. The van der Waals surface area contributed by atoms with Crippen molar-refractivity contribution in [2.45, 2.75) is 12.8 Å². The van der Waals surface area contributed by atoms with Crippen LogP contribution in [0.15, 0.2) is 52.0 Å². The number of rotatable bonds is 8. The third-order valence-electron chi connectivity index (χ3n) is 3.54. The molecule has 0 aliphatic rings. The molecule has 7 nitrogen and oxygen atoms in total. The van der Waals surface area contributed by atoms with Crippen LogP contribution < -0.4 is 20.2 Å². The number of carbonyl (C=O) groups is 2. The molecule has 0 saturated heterocycles. The van der Waals surface area contributed by atoms with Gasteiger partial charge in [0.15, 0.2) is 0 Å². The van der Waals surface area contributed by atoms with Crippen molar-refractivity contribution in [1.82, 2.24) is 5.43 Å². The van der Waals surface area contributed by atoms with Crippen molar-refractivity contribution in [3.8, 4) is 11.5 Å². The lowest BCUT2D eigenvalue weighted by Gasteiger charge is -2.06. The van der Waals surface area contributed by atoms with Crippen LogP contribution in [-0.4, -0.2) is 32.2 Å². The number of carbonyl (C=O) groups excluding carboxylic acids is 2. The number of hydrogen-bond acceptors (Lipinski definition) is 5. The van der Waals surface area contributed by atoms with Gasteiger partial charge in [-0.3, -0.25) is 9.59 Å². The molecular formula is C19H20BrN3O4. The molecule has 27 heavy (non-hydrogen) atoms. The van der Waals surface area contributed by atoms with Crippen LogP contribution in [0, 0.1) is 0 Å². The van der Waals surface area contributed by atoms with Gasteiger partial charge in [-0.05, 0) is 42.5 Å². The Labute approximate surface area is 165 Å². The van der Waals surface area contributed by atoms with Crippen LogP contribution in [0.5, 0.6) is 11.5 Å². The minimum atomic E-state index is -0.356. The number of ether oxygens (including phenoxy) is 2. The highest BCUT2D eigenvalue weighted by molar-refractivity contribution is 9.10. The molecule has 0 bridgehead atoms. The first-order valence-corrected chi connectivity index (χ1v) is 8.90. The fourth-order valence-corrected chi connectivity index (χ4v) is 2.54. The Hall–Kier alpha value is -2.87. The van der Waals surface area contributed by atoms with Gasteiger partial charge >= 0.3 is 0 Å². The van der Waals surface area contributed by atoms with Crippen molar-refractivity contribution in [3.63, 3.8) is 0 Å². The average molecular weight is 434 g/mol. The highest BCUT2D eigenvalue weighted by Gasteiger charge is 2.07. The molecule has 0 spiro atoms. The molecule has 2 N–H and O–H groups in total. The van der Waals surface area contributed by atoms with E-state index in [2.05, 4.69) is 31.8 Å². The fraction of sp³-hybridized carbons (Fsp3) is 0.211. The molecule has 0 radical (unpaired) electrons. The van der Waals surface area contributed by atoms with E-state index in [1.165, 1.54) is 6.21 Å². The maximum Gasteiger partial charge on any atom is 0.240 e. The first-order chi connectivity index (χ1) is 13.0. The molecule has 0 heterocycles. The average Bonchev–Trinajstić information content (AvgIpc) is 2.67. The van der Waals surface area contributed by atoms with E-state index in [1.807, 2.05) is 12.1 Å². The second kappa shape index (κ2) is 10.3. The van der Waals surface area contributed by atoms with Gasteiger partial charge in [0.2, 0.25) is 11.8 Å².